The molecule has 0 unspecified atom stereocenters. The highest BCUT2D eigenvalue weighted by atomic mass is 32.1. The highest BCUT2D eigenvalue weighted by Gasteiger charge is 2.05. The van der Waals surface area contributed by atoms with Gasteiger partial charge in [-0.3, -0.25) is 9.59 Å². The minimum Gasteiger partial charge on any atom is -0.481 e. The second kappa shape index (κ2) is 7.73. The zero-order valence-corrected chi connectivity index (χ0v) is 12.5. The summed E-state index contributed by atoms with van der Waals surface area (Å²) in [7, 11) is 0. The van der Waals surface area contributed by atoms with Crippen LogP contribution in [0.5, 0.6) is 0 Å². The Kier molecular flexibility index (Phi) is 5.68. The van der Waals surface area contributed by atoms with E-state index in [0.29, 0.717) is 19.4 Å². The van der Waals surface area contributed by atoms with Gasteiger partial charge in [0.1, 0.15) is 0 Å². The first-order valence-electron chi connectivity index (χ1n) is 6.98. The number of fused-ring (bicyclic) bond motifs is 1. The molecular weight excluding hydrogens is 288 g/mol. The Morgan fingerprint density at radius 1 is 1.19 bits per heavy atom. The number of nitrogens with one attached hydrogen (secondary N) is 1. The average molecular weight is 306 g/mol. The first kappa shape index (κ1) is 15.4. The summed E-state index contributed by atoms with van der Waals surface area (Å²) < 4.78 is 1.17. The number of carboxylic acids is 1. The van der Waals surface area contributed by atoms with E-state index in [-0.39, 0.29) is 12.3 Å². The molecule has 0 aliphatic heterocycles. The SMILES string of the molecule is O=C(O)CCCNC(=O)CCCc1nc2ccccc2s1. The van der Waals surface area contributed by atoms with E-state index in [4.69, 9.17) is 5.11 Å². The van der Waals surface area contributed by atoms with Gasteiger partial charge in [0.2, 0.25) is 5.91 Å². The molecule has 1 aromatic heterocycles. The van der Waals surface area contributed by atoms with E-state index in [1.54, 1.807) is 11.3 Å². The second-order valence-corrected chi connectivity index (χ2v) is 5.89. The van der Waals surface area contributed by atoms with Crippen LogP contribution in [0, 0.1) is 0 Å². The number of carbonyl (C=O) groups excluding carboxylic acids is 1. The third kappa shape index (κ3) is 5.15. The van der Waals surface area contributed by atoms with Crippen molar-refractivity contribution in [3.8, 4) is 0 Å². The third-order valence-corrected chi connectivity index (χ3v) is 4.12. The minimum absolute atomic E-state index is 0.0264. The maximum absolute atomic E-state index is 11.6. The van der Waals surface area contributed by atoms with E-state index in [1.165, 1.54) is 4.70 Å². The fourth-order valence-corrected chi connectivity index (χ4v) is 2.99. The lowest BCUT2D eigenvalue weighted by molar-refractivity contribution is -0.137. The largest absolute Gasteiger partial charge is 0.481 e. The number of carboxylic acid groups (broad SMARTS) is 1. The Labute approximate surface area is 127 Å². The van der Waals surface area contributed by atoms with Crippen LogP contribution in [0.25, 0.3) is 10.2 Å². The zero-order chi connectivity index (χ0) is 15.1. The van der Waals surface area contributed by atoms with Gasteiger partial charge in [0.25, 0.3) is 0 Å². The number of nitrogens with zero attached hydrogens (tertiary/aromatic N) is 1. The molecule has 0 atom stereocenters. The summed E-state index contributed by atoms with van der Waals surface area (Å²) in [4.78, 5) is 26.4. The first-order valence-corrected chi connectivity index (χ1v) is 7.80. The van der Waals surface area contributed by atoms with Crippen molar-refractivity contribution in [1.29, 1.82) is 0 Å². The van der Waals surface area contributed by atoms with Crippen LogP contribution in [0.3, 0.4) is 0 Å². The van der Waals surface area contributed by atoms with E-state index in [2.05, 4.69) is 10.3 Å². The molecule has 2 aromatic rings. The van der Waals surface area contributed by atoms with E-state index >= 15 is 0 Å². The highest BCUT2D eigenvalue weighted by Crippen LogP contribution is 2.22. The molecule has 1 heterocycles. The smallest absolute Gasteiger partial charge is 0.303 e. The Balaban J connectivity index is 1.66. The number of amides is 1. The Morgan fingerprint density at radius 2 is 2.00 bits per heavy atom. The van der Waals surface area contributed by atoms with Gasteiger partial charge in [0.15, 0.2) is 0 Å². The summed E-state index contributed by atoms with van der Waals surface area (Å²) in [6.07, 6.45) is 2.56. The van der Waals surface area contributed by atoms with Gasteiger partial charge in [0.05, 0.1) is 15.2 Å². The van der Waals surface area contributed by atoms with Crippen LogP contribution < -0.4 is 5.32 Å². The number of rotatable bonds is 8. The molecular formula is C15H18N2O3S. The van der Waals surface area contributed by atoms with E-state index in [0.717, 1.165) is 23.4 Å². The maximum Gasteiger partial charge on any atom is 0.303 e. The molecule has 0 bridgehead atoms. The van der Waals surface area contributed by atoms with Crippen LogP contribution in [0.1, 0.15) is 30.7 Å². The normalized spacial score (nSPS) is 10.7. The molecule has 5 nitrogen and oxygen atoms in total. The minimum atomic E-state index is -0.833. The van der Waals surface area contributed by atoms with Crippen molar-refractivity contribution in [3.05, 3.63) is 29.3 Å². The van der Waals surface area contributed by atoms with Gasteiger partial charge in [-0.1, -0.05) is 12.1 Å². The van der Waals surface area contributed by atoms with Gasteiger partial charge in [0, 0.05) is 19.4 Å². The number of para-hydroxylation sites is 1. The van der Waals surface area contributed by atoms with Crippen LogP contribution in [0.4, 0.5) is 0 Å². The number of hydrogen-bond acceptors (Lipinski definition) is 4. The third-order valence-electron chi connectivity index (χ3n) is 3.02. The lowest BCUT2D eigenvalue weighted by atomic mass is 10.2. The lowest BCUT2D eigenvalue weighted by Gasteiger charge is -2.03. The molecule has 0 radical (unpaired) electrons. The molecule has 0 fully saturated rings. The molecule has 1 aromatic carbocycles. The Morgan fingerprint density at radius 3 is 2.76 bits per heavy atom. The monoisotopic (exact) mass is 306 g/mol. The Bertz CT molecular complexity index is 591. The van der Waals surface area contributed by atoms with Crippen LogP contribution in [-0.4, -0.2) is 28.5 Å². The Hall–Kier alpha value is -1.95. The van der Waals surface area contributed by atoms with Crippen molar-refractivity contribution < 1.29 is 14.7 Å². The van der Waals surface area contributed by atoms with E-state index in [9.17, 15) is 9.59 Å². The van der Waals surface area contributed by atoms with Gasteiger partial charge < -0.3 is 10.4 Å². The van der Waals surface area contributed by atoms with E-state index < -0.39 is 5.97 Å². The maximum atomic E-state index is 11.6. The van der Waals surface area contributed by atoms with Crippen molar-refractivity contribution >= 4 is 33.4 Å². The molecule has 0 saturated carbocycles. The molecule has 1 amide bonds. The van der Waals surface area contributed by atoms with Gasteiger partial charge in [-0.15, -0.1) is 11.3 Å². The summed E-state index contributed by atoms with van der Waals surface area (Å²) >= 11 is 1.67. The molecule has 0 aliphatic rings. The number of thiazole rings is 1. The molecule has 0 aliphatic carbocycles. The highest BCUT2D eigenvalue weighted by molar-refractivity contribution is 7.18. The molecule has 0 spiro atoms. The summed E-state index contributed by atoms with van der Waals surface area (Å²) in [5.41, 5.74) is 1.01. The number of aliphatic carboxylic acids is 1. The summed E-state index contributed by atoms with van der Waals surface area (Å²) in [6, 6.07) is 8.00. The van der Waals surface area contributed by atoms with Crippen LogP contribution >= 0.6 is 11.3 Å². The molecule has 0 saturated heterocycles. The fourth-order valence-electron chi connectivity index (χ4n) is 1.98. The van der Waals surface area contributed by atoms with E-state index in [1.807, 2.05) is 24.3 Å². The number of aryl methyl sites for hydroxylation is 1. The predicted molar refractivity (Wildman–Crippen MR) is 82.4 cm³/mol. The van der Waals surface area contributed by atoms with Crippen LogP contribution in [-0.2, 0) is 16.0 Å². The number of hydrogen-bond donors (Lipinski definition) is 2. The van der Waals surface area contributed by atoms with Crippen LogP contribution in [0.15, 0.2) is 24.3 Å². The fraction of sp³-hybridized carbons (Fsp3) is 0.400. The number of benzene rings is 1. The molecule has 2 N–H and O–H groups in total. The van der Waals surface area contributed by atoms with Gasteiger partial charge in [-0.2, -0.15) is 0 Å². The molecule has 6 heteroatoms. The van der Waals surface area contributed by atoms with Crippen LogP contribution in [0.2, 0.25) is 0 Å². The van der Waals surface area contributed by atoms with Crippen molar-refractivity contribution in [2.75, 3.05) is 6.54 Å². The first-order chi connectivity index (χ1) is 10.1. The summed E-state index contributed by atoms with van der Waals surface area (Å²) in [6.45, 7) is 0.423. The summed E-state index contributed by atoms with van der Waals surface area (Å²) in [5.74, 6) is -0.860. The number of carbonyl (C=O) groups is 2. The second-order valence-electron chi connectivity index (χ2n) is 4.78. The van der Waals surface area contributed by atoms with Gasteiger partial charge in [-0.25, -0.2) is 4.98 Å². The van der Waals surface area contributed by atoms with Crippen molar-refractivity contribution in [1.82, 2.24) is 10.3 Å². The van der Waals surface area contributed by atoms with Gasteiger partial charge in [-0.05, 0) is 31.4 Å². The van der Waals surface area contributed by atoms with Crippen molar-refractivity contribution in [2.24, 2.45) is 0 Å². The molecule has 112 valence electrons. The summed E-state index contributed by atoms with van der Waals surface area (Å²) in [5, 5.41) is 12.3. The average Bonchev–Trinajstić information content (AvgIpc) is 2.86. The van der Waals surface area contributed by atoms with Gasteiger partial charge >= 0.3 is 5.97 Å². The predicted octanol–water partition coefficient (Wildman–Crippen LogP) is 2.60. The standard InChI is InChI=1S/C15H18N2O3S/c18-13(16-10-4-9-15(19)20)7-3-8-14-17-11-5-1-2-6-12(11)21-14/h1-2,5-6H,3-4,7-10H2,(H,16,18)(H,19,20). The van der Waals surface area contributed by atoms with Crippen molar-refractivity contribution in [2.45, 2.75) is 32.1 Å². The zero-order valence-electron chi connectivity index (χ0n) is 11.7. The number of aromatic nitrogens is 1. The quantitative estimate of drug-likeness (QED) is 0.735. The molecule has 2 rings (SSSR count). The topological polar surface area (TPSA) is 79.3 Å². The molecule has 21 heavy (non-hydrogen) atoms. The van der Waals surface area contributed by atoms with Crippen molar-refractivity contribution in [3.63, 3.8) is 0 Å². The lowest BCUT2D eigenvalue weighted by Crippen LogP contribution is -2.24.